The SMILES string of the molecule is CCCCN(c1nc(C)c(C(=O)OC)s1)C1CC1. The average Bonchev–Trinajstić information content (AvgIpc) is 3.12. The molecular formula is C13H20N2O2S. The first-order chi connectivity index (χ1) is 8.67. The molecule has 0 saturated heterocycles. The molecule has 100 valence electrons. The summed E-state index contributed by atoms with van der Waals surface area (Å²) < 4.78 is 4.78. The summed E-state index contributed by atoms with van der Waals surface area (Å²) >= 11 is 1.46. The highest BCUT2D eigenvalue weighted by atomic mass is 32.1. The molecule has 18 heavy (non-hydrogen) atoms. The molecule has 2 rings (SSSR count). The van der Waals surface area contributed by atoms with Crippen molar-refractivity contribution < 1.29 is 9.53 Å². The molecule has 5 heteroatoms. The standard InChI is InChI=1S/C13H20N2O2S/c1-4-5-8-15(10-6-7-10)13-14-9(2)11(18-13)12(16)17-3/h10H,4-8H2,1-3H3. The lowest BCUT2D eigenvalue weighted by Gasteiger charge is -2.20. The number of hydrogen-bond donors (Lipinski definition) is 0. The zero-order valence-corrected chi connectivity index (χ0v) is 12.0. The molecule has 0 bridgehead atoms. The van der Waals surface area contributed by atoms with Gasteiger partial charge in [0, 0.05) is 12.6 Å². The highest BCUT2D eigenvalue weighted by Gasteiger charge is 2.31. The summed E-state index contributed by atoms with van der Waals surface area (Å²) in [6, 6.07) is 0.632. The van der Waals surface area contributed by atoms with Gasteiger partial charge in [-0.05, 0) is 26.2 Å². The lowest BCUT2D eigenvalue weighted by Crippen LogP contribution is -2.26. The van der Waals surface area contributed by atoms with Crippen molar-refractivity contribution in [2.75, 3.05) is 18.6 Å². The highest BCUT2D eigenvalue weighted by Crippen LogP contribution is 2.35. The van der Waals surface area contributed by atoms with Crippen molar-refractivity contribution in [3.05, 3.63) is 10.6 Å². The van der Waals surface area contributed by atoms with Gasteiger partial charge in [-0.25, -0.2) is 9.78 Å². The summed E-state index contributed by atoms with van der Waals surface area (Å²) in [5.41, 5.74) is 0.781. The zero-order chi connectivity index (χ0) is 13.1. The van der Waals surface area contributed by atoms with Crippen LogP contribution in [-0.4, -0.2) is 30.6 Å². The molecular weight excluding hydrogens is 248 g/mol. The third kappa shape index (κ3) is 2.83. The van der Waals surface area contributed by atoms with Gasteiger partial charge < -0.3 is 9.64 Å². The maximum Gasteiger partial charge on any atom is 0.350 e. The minimum absolute atomic E-state index is 0.275. The fraction of sp³-hybridized carbons (Fsp3) is 0.692. The van der Waals surface area contributed by atoms with Crippen LogP contribution in [0.15, 0.2) is 0 Å². The fourth-order valence-electron chi connectivity index (χ4n) is 1.94. The average molecular weight is 268 g/mol. The first-order valence-corrected chi connectivity index (χ1v) is 7.31. The first-order valence-electron chi connectivity index (χ1n) is 6.49. The molecule has 0 amide bonds. The van der Waals surface area contributed by atoms with Crippen LogP contribution in [0.25, 0.3) is 0 Å². The molecule has 0 aromatic carbocycles. The largest absolute Gasteiger partial charge is 0.465 e. The number of aromatic nitrogens is 1. The first kappa shape index (κ1) is 13.3. The van der Waals surface area contributed by atoms with Gasteiger partial charge in [0.05, 0.1) is 12.8 Å². The number of nitrogens with zero attached hydrogens (tertiary/aromatic N) is 2. The van der Waals surface area contributed by atoms with Gasteiger partial charge in [-0.3, -0.25) is 0 Å². The van der Waals surface area contributed by atoms with Crippen molar-refractivity contribution in [3.8, 4) is 0 Å². The van der Waals surface area contributed by atoms with Crippen molar-refractivity contribution in [1.82, 2.24) is 4.98 Å². The molecule has 1 fully saturated rings. The van der Waals surface area contributed by atoms with E-state index < -0.39 is 0 Å². The van der Waals surface area contributed by atoms with Gasteiger partial charge in [0.25, 0.3) is 0 Å². The van der Waals surface area contributed by atoms with Gasteiger partial charge in [0.1, 0.15) is 4.88 Å². The molecule has 1 saturated carbocycles. The van der Waals surface area contributed by atoms with Crippen molar-refractivity contribution in [2.24, 2.45) is 0 Å². The quantitative estimate of drug-likeness (QED) is 0.744. The summed E-state index contributed by atoms with van der Waals surface area (Å²) in [7, 11) is 1.41. The molecule has 4 nitrogen and oxygen atoms in total. The smallest absolute Gasteiger partial charge is 0.350 e. The van der Waals surface area contributed by atoms with E-state index in [0.29, 0.717) is 10.9 Å². The third-order valence-corrected chi connectivity index (χ3v) is 4.32. The molecule has 0 unspecified atom stereocenters. The van der Waals surface area contributed by atoms with Crippen molar-refractivity contribution >= 4 is 22.4 Å². The number of anilines is 1. The second-order valence-electron chi connectivity index (χ2n) is 4.68. The van der Waals surface area contributed by atoms with E-state index in [0.717, 1.165) is 17.4 Å². The van der Waals surface area contributed by atoms with Crippen LogP contribution in [0.3, 0.4) is 0 Å². The second kappa shape index (κ2) is 5.69. The minimum Gasteiger partial charge on any atom is -0.465 e. The van der Waals surface area contributed by atoms with E-state index in [4.69, 9.17) is 4.74 Å². The second-order valence-corrected chi connectivity index (χ2v) is 5.66. The Kier molecular flexibility index (Phi) is 4.22. The Hall–Kier alpha value is -1.10. The number of methoxy groups -OCH3 is 1. The topological polar surface area (TPSA) is 42.4 Å². The molecule has 0 atom stereocenters. The minimum atomic E-state index is -0.275. The van der Waals surface area contributed by atoms with E-state index >= 15 is 0 Å². The van der Waals surface area contributed by atoms with Crippen LogP contribution in [-0.2, 0) is 4.74 Å². The molecule has 0 spiro atoms. The lowest BCUT2D eigenvalue weighted by atomic mass is 10.3. The van der Waals surface area contributed by atoms with Crippen LogP contribution in [0, 0.1) is 6.92 Å². The summed E-state index contributed by atoms with van der Waals surface area (Å²) in [4.78, 5) is 19.1. The van der Waals surface area contributed by atoms with Crippen LogP contribution < -0.4 is 4.90 Å². The summed E-state index contributed by atoms with van der Waals surface area (Å²) in [6.45, 7) is 5.10. The Morgan fingerprint density at radius 2 is 2.28 bits per heavy atom. The summed E-state index contributed by atoms with van der Waals surface area (Å²) in [5.74, 6) is -0.275. The number of rotatable bonds is 6. The van der Waals surface area contributed by atoms with E-state index in [9.17, 15) is 4.79 Å². The number of ether oxygens (including phenoxy) is 1. The van der Waals surface area contributed by atoms with Gasteiger partial charge in [-0.1, -0.05) is 24.7 Å². The highest BCUT2D eigenvalue weighted by molar-refractivity contribution is 7.17. The number of hydrogen-bond acceptors (Lipinski definition) is 5. The Morgan fingerprint density at radius 1 is 1.56 bits per heavy atom. The molecule has 1 aromatic rings. The zero-order valence-electron chi connectivity index (χ0n) is 11.2. The maximum absolute atomic E-state index is 11.6. The number of aryl methyl sites for hydroxylation is 1. The number of esters is 1. The Balaban J connectivity index is 2.17. The Bertz CT molecular complexity index is 427. The third-order valence-electron chi connectivity index (χ3n) is 3.14. The monoisotopic (exact) mass is 268 g/mol. The predicted octanol–water partition coefficient (Wildman–Crippen LogP) is 3.01. The van der Waals surface area contributed by atoms with Crippen molar-refractivity contribution in [3.63, 3.8) is 0 Å². The van der Waals surface area contributed by atoms with Crippen LogP contribution in [0.1, 0.15) is 48.0 Å². The molecule has 1 aromatic heterocycles. The van der Waals surface area contributed by atoms with Crippen molar-refractivity contribution in [2.45, 2.75) is 45.6 Å². The lowest BCUT2D eigenvalue weighted by molar-refractivity contribution is 0.0605. The van der Waals surface area contributed by atoms with Crippen LogP contribution >= 0.6 is 11.3 Å². The van der Waals surface area contributed by atoms with E-state index in [1.54, 1.807) is 0 Å². The van der Waals surface area contributed by atoms with E-state index in [2.05, 4.69) is 16.8 Å². The van der Waals surface area contributed by atoms with Gasteiger partial charge in [-0.15, -0.1) is 0 Å². The molecule has 1 aliphatic carbocycles. The van der Waals surface area contributed by atoms with Crippen molar-refractivity contribution in [1.29, 1.82) is 0 Å². The van der Waals surface area contributed by atoms with Gasteiger partial charge in [0.2, 0.25) is 0 Å². The van der Waals surface area contributed by atoms with Crippen LogP contribution in [0.2, 0.25) is 0 Å². The van der Waals surface area contributed by atoms with E-state index in [-0.39, 0.29) is 5.97 Å². The molecule has 1 aliphatic rings. The van der Waals surface area contributed by atoms with Crippen LogP contribution in [0.5, 0.6) is 0 Å². The number of carbonyl (C=O) groups is 1. The van der Waals surface area contributed by atoms with Gasteiger partial charge in [-0.2, -0.15) is 0 Å². The number of thiazole rings is 1. The van der Waals surface area contributed by atoms with Crippen LogP contribution in [0.4, 0.5) is 5.13 Å². The van der Waals surface area contributed by atoms with E-state index in [1.165, 1.54) is 44.1 Å². The predicted molar refractivity (Wildman–Crippen MR) is 73.5 cm³/mol. The number of unbranched alkanes of at least 4 members (excludes halogenated alkanes) is 1. The Morgan fingerprint density at radius 3 is 2.83 bits per heavy atom. The summed E-state index contributed by atoms with van der Waals surface area (Å²) in [5, 5.41) is 0.976. The van der Waals surface area contributed by atoms with Gasteiger partial charge in [0.15, 0.2) is 5.13 Å². The molecule has 1 heterocycles. The van der Waals surface area contributed by atoms with E-state index in [1.807, 2.05) is 6.92 Å². The fourth-order valence-corrected chi connectivity index (χ4v) is 3.02. The summed E-state index contributed by atoms with van der Waals surface area (Å²) in [6.07, 6.45) is 4.84. The molecule has 0 radical (unpaired) electrons. The number of carbonyl (C=O) groups excluding carboxylic acids is 1. The normalized spacial score (nSPS) is 14.6. The molecule has 0 aliphatic heterocycles. The molecule has 0 N–H and O–H groups in total. The van der Waals surface area contributed by atoms with Gasteiger partial charge >= 0.3 is 5.97 Å². The Labute approximate surface area is 112 Å². The maximum atomic E-state index is 11.6.